The first kappa shape index (κ1) is 15.4. The summed E-state index contributed by atoms with van der Waals surface area (Å²) in [7, 11) is 1.59. The molecule has 0 radical (unpaired) electrons. The molecular formula is C18H21N3O2. The molecule has 3 N–H and O–H groups in total. The molecule has 0 fully saturated rings. The molecule has 0 atom stereocenters. The molecule has 1 aliphatic heterocycles. The number of hydrogen-bond acceptors (Lipinski definition) is 3. The lowest BCUT2D eigenvalue weighted by molar-refractivity contribution is 0.262. The number of nitrogens with one attached hydrogen (secondary N) is 3. The van der Waals surface area contributed by atoms with Gasteiger partial charge in [0.2, 0.25) is 0 Å². The Bertz CT molecular complexity index is 728. The van der Waals surface area contributed by atoms with Crippen LogP contribution in [0, 0.1) is 6.92 Å². The summed E-state index contributed by atoms with van der Waals surface area (Å²) in [6, 6.07) is 11.4. The van der Waals surface area contributed by atoms with Gasteiger partial charge in [-0.05, 0) is 60.8 Å². The minimum Gasteiger partial charge on any atom is -0.495 e. The number of carbonyl (C=O) groups is 1. The highest BCUT2D eigenvalue weighted by molar-refractivity contribution is 6.00. The Hall–Kier alpha value is -2.53. The summed E-state index contributed by atoms with van der Waals surface area (Å²) in [4.78, 5) is 12.2. The van der Waals surface area contributed by atoms with E-state index in [2.05, 4.69) is 22.0 Å². The number of rotatable bonds is 3. The third-order valence-corrected chi connectivity index (χ3v) is 3.95. The van der Waals surface area contributed by atoms with Crippen LogP contribution in [0.3, 0.4) is 0 Å². The van der Waals surface area contributed by atoms with Crippen molar-refractivity contribution < 1.29 is 9.53 Å². The zero-order chi connectivity index (χ0) is 16.2. The van der Waals surface area contributed by atoms with Crippen molar-refractivity contribution in [3.8, 4) is 5.75 Å². The van der Waals surface area contributed by atoms with Gasteiger partial charge in [-0.25, -0.2) is 4.79 Å². The van der Waals surface area contributed by atoms with E-state index in [1.165, 1.54) is 11.1 Å². The van der Waals surface area contributed by atoms with Crippen molar-refractivity contribution in [2.45, 2.75) is 19.9 Å². The molecule has 0 bridgehead atoms. The summed E-state index contributed by atoms with van der Waals surface area (Å²) in [5.41, 5.74) is 5.10. The number of aryl methyl sites for hydroxylation is 1. The summed E-state index contributed by atoms with van der Waals surface area (Å²) in [5.74, 6) is 0.641. The van der Waals surface area contributed by atoms with Crippen molar-refractivity contribution in [3.63, 3.8) is 0 Å². The van der Waals surface area contributed by atoms with Gasteiger partial charge in [0.05, 0.1) is 12.8 Å². The van der Waals surface area contributed by atoms with Gasteiger partial charge in [0, 0.05) is 12.2 Å². The standard InChI is InChI=1S/C18H21N3O2/c1-12-3-6-17(23-2)16(9-12)21-18(22)20-15-5-4-14-11-19-8-7-13(14)10-15/h3-6,9-10,19H,7-8,11H2,1-2H3,(H2,20,21,22). The number of fused-ring (bicyclic) bond motifs is 1. The van der Waals surface area contributed by atoms with Gasteiger partial charge in [0.25, 0.3) is 0 Å². The molecule has 2 aromatic carbocycles. The van der Waals surface area contributed by atoms with Gasteiger partial charge in [0.15, 0.2) is 0 Å². The average Bonchev–Trinajstić information content (AvgIpc) is 2.55. The highest BCUT2D eigenvalue weighted by atomic mass is 16.5. The molecule has 5 nitrogen and oxygen atoms in total. The minimum atomic E-state index is -0.275. The molecule has 0 unspecified atom stereocenters. The van der Waals surface area contributed by atoms with Crippen LogP contribution in [0.4, 0.5) is 16.2 Å². The van der Waals surface area contributed by atoms with Gasteiger partial charge in [-0.1, -0.05) is 12.1 Å². The van der Waals surface area contributed by atoms with Crippen LogP contribution in [-0.2, 0) is 13.0 Å². The number of urea groups is 1. The van der Waals surface area contributed by atoms with Crippen LogP contribution in [0.2, 0.25) is 0 Å². The molecule has 120 valence electrons. The fourth-order valence-corrected chi connectivity index (χ4v) is 2.76. The summed E-state index contributed by atoms with van der Waals surface area (Å²) in [5, 5.41) is 9.07. The maximum absolute atomic E-state index is 12.2. The Morgan fingerprint density at radius 1 is 1.13 bits per heavy atom. The largest absolute Gasteiger partial charge is 0.495 e. The van der Waals surface area contributed by atoms with Crippen molar-refractivity contribution in [1.82, 2.24) is 5.32 Å². The van der Waals surface area contributed by atoms with Gasteiger partial charge < -0.3 is 20.7 Å². The van der Waals surface area contributed by atoms with Gasteiger partial charge in [-0.2, -0.15) is 0 Å². The highest BCUT2D eigenvalue weighted by Gasteiger charge is 2.11. The van der Waals surface area contributed by atoms with E-state index >= 15 is 0 Å². The van der Waals surface area contributed by atoms with E-state index in [1.807, 2.05) is 37.3 Å². The third kappa shape index (κ3) is 3.63. The quantitative estimate of drug-likeness (QED) is 0.815. The smallest absolute Gasteiger partial charge is 0.323 e. The fourth-order valence-electron chi connectivity index (χ4n) is 2.76. The van der Waals surface area contributed by atoms with Crippen LogP contribution in [0.5, 0.6) is 5.75 Å². The highest BCUT2D eigenvalue weighted by Crippen LogP contribution is 2.25. The number of carbonyl (C=O) groups excluding carboxylic acids is 1. The molecule has 3 rings (SSSR count). The molecule has 0 aromatic heterocycles. The van der Waals surface area contributed by atoms with E-state index in [9.17, 15) is 4.79 Å². The van der Waals surface area contributed by atoms with Crippen LogP contribution in [0.25, 0.3) is 0 Å². The number of methoxy groups -OCH3 is 1. The number of benzene rings is 2. The second kappa shape index (κ2) is 6.71. The van der Waals surface area contributed by atoms with E-state index in [4.69, 9.17) is 4.74 Å². The van der Waals surface area contributed by atoms with E-state index in [0.29, 0.717) is 11.4 Å². The van der Waals surface area contributed by atoms with Crippen LogP contribution < -0.4 is 20.7 Å². The summed E-state index contributed by atoms with van der Waals surface area (Å²) in [6.45, 7) is 3.84. The first-order chi connectivity index (χ1) is 11.2. The first-order valence-electron chi connectivity index (χ1n) is 7.71. The Balaban J connectivity index is 1.71. The monoisotopic (exact) mass is 311 g/mol. The molecule has 2 aromatic rings. The Labute approximate surface area is 136 Å². The molecule has 23 heavy (non-hydrogen) atoms. The second-order valence-corrected chi connectivity index (χ2v) is 5.69. The molecule has 0 aliphatic carbocycles. The predicted octanol–water partition coefficient (Wildman–Crippen LogP) is 3.29. The second-order valence-electron chi connectivity index (χ2n) is 5.69. The number of hydrogen-bond donors (Lipinski definition) is 3. The van der Waals surface area contributed by atoms with Crippen molar-refractivity contribution in [1.29, 1.82) is 0 Å². The van der Waals surface area contributed by atoms with E-state index in [1.54, 1.807) is 7.11 Å². The zero-order valence-electron chi connectivity index (χ0n) is 13.4. The molecular weight excluding hydrogens is 290 g/mol. The summed E-state index contributed by atoms with van der Waals surface area (Å²) in [6.07, 6.45) is 0.984. The van der Waals surface area contributed by atoms with Crippen molar-refractivity contribution in [3.05, 3.63) is 53.1 Å². The number of ether oxygens (including phenoxy) is 1. The lowest BCUT2D eigenvalue weighted by Gasteiger charge is -2.18. The van der Waals surface area contributed by atoms with Crippen LogP contribution in [0.15, 0.2) is 36.4 Å². The molecule has 2 amide bonds. The molecule has 0 saturated heterocycles. The van der Waals surface area contributed by atoms with Gasteiger partial charge in [-0.15, -0.1) is 0 Å². The average molecular weight is 311 g/mol. The van der Waals surface area contributed by atoms with Crippen molar-refractivity contribution in [2.75, 3.05) is 24.3 Å². The SMILES string of the molecule is COc1ccc(C)cc1NC(=O)Nc1ccc2c(c1)CCNC2. The molecule has 0 spiro atoms. The minimum absolute atomic E-state index is 0.275. The first-order valence-corrected chi connectivity index (χ1v) is 7.71. The third-order valence-electron chi connectivity index (χ3n) is 3.95. The lowest BCUT2D eigenvalue weighted by Crippen LogP contribution is -2.24. The predicted molar refractivity (Wildman–Crippen MR) is 92.2 cm³/mol. The lowest BCUT2D eigenvalue weighted by atomic mass is 10.0. The summed E-state index contributed by atoms with van der Waals surface area (Å²) >= 11 is 0. The number of amides is 2. The van der Waals surface area contributed by atoms with Crippen molar-refractivity contribution >= 4 is 17.4 Å². The van der Waals surface area contributed by atoms with Gasteiger partial charge >= 0.3 is 6.03 Å². The maximum Gasteiger partial charge on any atom is 0.323 e. The Morgan fingerprint density at radius 2 is 2.00 bits per heavy atom. The Kier molecular flexibility index (Phi) is 4.48. The van der Waals surface area contributed by atoms with Crippen molar-refractivity contribution in [2.24, 2.45) is 0 Å². The summed E-state index contributed by atoms with van der Waals surface area (Å²) < 4.78 is 5.28. The van der Waals surface area contributed by atoms with E-state index < -0.39 is 0 Å². The normalized spacial score (nSPS) is 13.1. The van der Waals surface area contributed by atoms with E-state index in [0.717, 1.165) is 30.8 Å². The van der Waals surface area contributed by atoms with Crippen LogP contribution in [0.1, 0.15) is 16.7 Å². The van der Waals surface area contributed by atoms with Gasteiger partial charge in [-0.3, -0.25) is 0 Å². The number of anilines is 2. The van der Waals surface area contributed by atoms with E-state index in [-0.39, 0.29) is 6.03 Å². The zero-order valence-corrected chi connectivity index (χ0v) is 13.4. The maximum atomic E-state index is 12.2. The molecule has 1 aliphatic rings. The van der Waals surface area contributed by atoms with Crippen LogP contribution in [-0.4, -0.2) is 19.7 Å². The van der Waals surface area contributed by atoms with Gasteiger partial charge in [0.1, 0.15) is 5.75 Å². The Morgan fingerprint density at radius 3 is 2.83 bits per heavy atom. The topological polar surface area (TPSA) is 62.4 Å². The molecule has 1 heterocycles. The molecule has 0 saturated carbocycles. The van der Waals surface area contributed by atoms with Crippen LogP contribution >= 0.6 is 0 Å². The fraction of sp³-hybridized carbons (Fsp3) is 0.278. The molecule has 5 heteroatoms.